The van der Waals surface area contributed by atoms with Gasteiger partial charge in [-0.25, -0.2) is 4.98 Å². The number of imidazole rings is 1. The van der Waals surface area contributed by atoms with Crippen LogP contribution < -0.4 is 10.6 Å². The molecule has 1 fully saturated rings. The Balaban J connectivity index is 1.43. The summed E-state index contributed by atoms with van der Waals surface area (Å²) >= 11 is 0. The first-order chi connectivity index (χ1) is 14.2. The summed E-state index contributed by atoms with van der Waals surface area (Å²) in [5.41, 5.74) is 2.24. The van der Waals surface area contributed by atoms with E-state index < -0.39 is 0 Å². The number of aryl methyl sites for hydroxylation is 1. The highest BCUT2D eigenvalue weighted by Crippen LogP contribution is 2.13. The molecular weight excluding hydrogens is 364 g/mol. The van der Waals surface area contributed by atoms with Crippen molar-refractivity contribution in [2.75, 3.05) is 46.4 Å². The second-order valence-electron chi connectivity index (χ2n) is 8.09. The molecule has 2 aromatic rings. The molecular formula is C22H36N6O. The minimum absolute atomic E-state index is 0.509. The number of nitrogens with zero attached hydrogens (tertiary/aromatic N) is 4. The van der Waals surface area contributed by atoms with Gasteiger partial charge < -0.3 is 19.9 Å². The summed E-state index contributed by atoms with van der Waals surface area (Å²) in [6.45, 7) is 11.0. The first-order valence-corrected chi connectivity index (χ1v) is 10.8. The van der Waals surface area contributed by atoms with Crippen molar-refractivity contribution in [3.05, 3.63) is 30.6 Å². The van der Waals surface area contributed by atoms with Gasteiger partial charge in [0.05, 0.1) is 30.6 Å². The Kier molecular flexibility index (Phi) is 8.31. The topological polar surface area (TPSA) is 66.7 Å². The van der Waals surface area contributed by atoms with Crippen molar-refractivity contribution in [2.45, 2.75) is 39.3 Å². The summed E-state index contributed by atoms with van der Waals surface area (Å²) in [4.78, 5) is 11.4. The number of benzene rings is 1. The van der Waals surface area contributed by atoms with Crippen molar-refractivity contribution in [1.82, 2.24) is 25.1 Å². The van der Waals surface area contributed by atoms with Gasteiger partial charge in [-0.1, -0.05) is 26.0 Å². The lowest BCUT2D eigenvalue weighted by atomic mass is 10.0. The Morgan fingerprint density at radius 2 is 2.00 bits per heavy atom. The molecule has 1 aliphatic heterocycles. The van der Waals surface area contributed by atoms with Crippen LogP contribution in [-0.4, -0.2) is 72.9 Å². The van der Waals surface area contributed by atoms with E-state index in [1.807, 2.05) is 19.4 Å². The normalized spacial score (nSPS) is 17.0. The van der Waals surface area contributed by atoms with E-state index in [-0.39, 0.29) is 0 Å². The lowest BCUT2D eigenvalue weighted by Crippen LogP contribution is -2.51. The molecule has 1 saturated heterocycles. The van der Waals surface area contributed by atoms with E-state index in [0.29, 0.717) is 12.0 Å². The van der Waals surface area contributed by atoms with Crippen molar-refractivity contribution in [3.63, 3.8) is 0 Å². The van der Waals surface area contributed by atoms with Crippen molar-refractivity contribution < 1.29 is 4.74 Å². The van der Waals surface area contributed by atoms with Crippen LogP contribution >= 0.6 is 0 Å². The lowest BCUT2D eigenvalue weighted by molar-refractivity contribution is 0.0132. The molecule has 0 bridgehead atoms. The lowest BCUT2D eigenvalue weighted by Gasteiger charge is -2.35. The van der Waals surface area contributed by atoms with Gasteiger partial charge in [0.25, 0.3) is 0 Å². The molecule has 29 heavy (non-hydrogen) atoms. The zero-order chi connectivity index (χ0) is 20.5. The van der Waals surface area contributed by atoms with Gasteiger partial charge >= 0.3 is 0 Å². The van der Waals surface area contributed by atoms with E-state index >= 15 is 0 Å². The van der Waals surface area contributed by atoms with E-state index in [1.165, 1.54) is 11.9 Å². The number of fused-ring (bicyclic) bond motifs is 1. The molecule has 1 atom stereocenters. The van der Waals surface area contributed by atoms with Crippen molar-refractivity contribution in [3.8, 4) is 0 Å². The maximum absolute atomic E-state index is 5.52. The third-order valence-electron chi connectivity index (χ3n) is 5.43. The van der Waals surface area contributed by atoms with E-state index in [9.17, 15) is 0 Å². The first-order valence-electron chi connectivity index (χ1n) is 10.8. The van der Waals surface area contributed by atoms with Crippen molar-refractivity contribution in [1.29, 1.82) is 0 Å². The van der Waals surface area contributed by atoms with Gasteiger partial charge in [0.15, 0.2) is 5.96 Å². The number of rotatable bonds is 9. The molecule has 2 N–H and O–H groups in total. The minimum atomic E-state index is 0.509. The largest absolute Gasteiger partial charge is 0.379 e. The quantitative estimate of drug-likeness (QED) is 0.384. The molecule has 7 nitrogen and oxygen atoms in total. The Bertz CT molecular complexity index is 766. The van der Waals surface area contributed by atoms with Crippen LogP contribution in [0.4, 0.5) is 0 Å². The van der Waals surface area contributed by atoms with Crippen molar-refractivity contribution in [2.24, 2.45) is 10.9 Å². The fraction of sp³-hybridized carbons (Fsp3) is 0.636. The number of aliphatic imine (C=N–C) groups is 1. The van der Waals surface area contributed by atoms with E-state index in [2.05, 4.69) is 62.1 Å². The number of hydrogen-bond donors (Lipinski definition) is 2. The van der Waals surface area contributed by atoms with Gasteiger partial charge in [0.2, 0.25) is 0 Å². The molecule has 160 valence electrons. The number of hydrogen-bond acceptors (Lipinski definition) is 4. The smallest absolute Gasteiger partial charge is 0.191 e. The number of ether oxygens (including phenoxy) is 1. The average Bonchev–Trinajstić information content (AvgIpc) is 3.16. The molecule has 0 radical (unpaired) electrons. The summed E-state index contributed by atoms with van der Waals surface area (Å²) in [5, 5.41) is 6.99. The second-order valence-corrected chi connectivity index (χ2v) is 8.09. The first kappa shape index (κ1) is 21.6. The number of morpholine rings is 1. The van der Waals surface area contributed by atoms with Crippen LogP contribution in [0.2, 0.25) is 0 Å². The zero-order valence-corrected chi connectivity index (χ0v) is 18.1. The van der Waals surface area contributed by atoms with Crippen LogP contribution in [-0.2, 0) is 11.3 Å². The van der Waals surface area contributed by atoms with Gasteiger partial charge in [0, 0.05) is 45.8 Å². The molecule has 1 aromatic carbocycles. The molecule has 0 amide bonds. The molecule has 0 aliphatic carbocycles. The van der Waals surface area contributed by atoms with Crippen LogP contribution in [0.3, 0.4) is 0 Å². The predicted molar refractivity (Wildman–Crippen MR) is 119 cm³/mol. The Hall–Kier alpha value is -2.12. The fourth-order valence-corrected chi connectivity index (χ4v) is 3.93. The standard InChI is InChI=1S/C22H36N6O/c1-18(2)15-19(27-11-13-29-14-12-27)16-25-22(23-3)24-9-6-10-28-17-26-20-7-4-5-8-21(20)28/h4-5,7-8,17-19H,6,9-16H2,1-3H3,(H2,23,24,25). The van der Waals surface area contributed by atoms with Crippen LogP contribution in [0.25, 0.3) is 11.0 Å². The van der Waals surface area contributed by atoms with Crippen LogP contribution in [0.15, 0.2) is 35.6 Å². The number of nitrogens with one attached hydrogen (secondary N) is 2. The van der Waals surface area contributed by atoms with Crippen LogP contribution in [0, 0.1) is 5.92 Å². The maximum atomic E-state index is 5.52. The third kappa shape index (κ3) is 6.44. The monoisotopic (exact) mass is 400 g/mol. The number of guanidine groups is 1. The number of para-hydroxylation sites is 2. The average molecular weight is 401 g/mol. The van der Waals surface area contributed by atoms with Gasteiger partial charge in [0.1, 0.15) is 0 Å². The van der Waals surface area contributed by atoms with Crippen molar-refractivity contribution >= 4 is 17.0 Å². The van der Waals surface area contributed by atoms with E-state index in [1.54, 1.807) is 0 Å². The predicted octanol–water partition coefficient (Wildman–Crippen LogP) is 2.34. The highest BCUT2D eigenvalue weighted by Gasteiger charge is 2.22. The summed E-state index contributed by atoms with van der Waals surface area (Å²) in [6.07, 6.45) is 4.12. The second kappa shape index (κ2) is 11.2. The molecule has 0 spiro atoms. The Morgan fingerprint density at radius 3 is 2.76 bits per heavy atom. The molecule has 1 aromatic heterocycles. The molecule has 1 aliphatic rings. The highest BCUT2D eigenvalue weighted by molar-refractivity contribution is 5.79. The van der Waals surface area contributed by atoms with Gasteiger partial charge in [-0.2, -0.15) is 0 Å². The molecule has 7 heteroatoms. The molecule has 2 heterocycles. The SMILES string of the molecule is CN=C(NCCCn1cnc2ccccc21)NCC(CC(C)C)N1CCOCC1. The molecule has 0 saturated carbocycles. The van der Waals surface area contributed by atoms with Crippen LogP contribution in [0.5, 0.6) is 0 Å². The Labute approximate surface area is 174 Å². The highest BCUT2D eigenvalue weighted by atomic mass is 16.5. The summed E-state index contributed by atoms with van der Waals surface area (Å²) in [6, 6.07) is 8.77. The maximum Gasteiger partial charge on any atom is 0.191 e. The molecule has 1 unspecified atom stereocenters. The summed E-state index contributed by atoms with van der Waals surface area (Å²) in [7, 11) is 1.84. The third-order valence-corrected chi connectivity index (χ3v) is 5.43. The summed E-state index contributed by atoms with van der Waals surface area (Å²) < 4.78 is 7.73. The zero-order valence-electron chi connectivity index (χ0n) is 18.1. The van der Waals surface area contributed by atoms with E-state index in [4.69, 9.17) is 4.74 Å². The minimum Gasteiger partial charge on any atom is -0.379 e. The van der Waals surface area contributed by atoms with E-state index in [0.717, 1.165) is 63.8 Å². The molecule has 3 rings (SSSR count). The summed E-state index contributed by atoms with van der Waals surface area (Å²) in [5.74, 6) is 1.55. The Morgan fingerprint density at radius 1 is 1.21 bits per heavy atom. The van der Waals surface area contributed by atoms with Gasteiger partial charge in [-0.15, -0.1) is 0 Å². The van der Waals surface area contributed by atoms with Gasteiger partial charge in [-0.3, -0.25) is 9.89 Å². The van der Waals surface area contributed by atoms with Gasteiger partial charge in [-0.05, 0) is 30.9 Å². The number of aromatic nitrogens is 2. The van der Waals surface area contributed by atoms with Crippen LogP contribution in [0.1, 0.15) is 26.7 Å². The fourth-order valence-electron chi connectivity index (χ4n) is 3.93.